The first kappa shape index (κ1) is 13.9. The highest BCUT2D eigenvalue weighted by atomic mass is 35.5. The van der Waals surface area contributed by atoms with E-state index in [1.54, 1.807) is 11.5 Å². The van der Waals surface area contributed by atoms with Crippen LogP contribution in [0.4, 0.5) is 0 Å². The molecule has 0 radical (unpaired) electrons. The summed E-state index contributed by atoms with van der Waals surface area (Å²) in [6, 6.07) is -0.213. The Hall–Kier alpha value is -0.160. The van der Waals surface area contributed by atoms with Crippen LogP contribution in [-0.2, 0) is 9.53 Å². The lowest BCUT2D eigenvalue weighted by atomic mass is 9.97. The normalized spacial score (nSPS) is 29.5. The van der Waals surface area contributed by atoms with Gasteiger partial charge in [-0.3, -0.25) is 4.90 Å². The topological polar surface area (TPSA) is 32.8 Å². The number of hydrogen-bond donors (Lipinski definition) is 0. The van der Waals surface area contributed by atoms with Gasteiger partial charge >= 0.3 is 0 Å². The van der Waals surface area contributed by atoms with Gasteiger partial charge < -0.3 is 9.53 Å². The average Bonchev–Trinajstić information content (AvgIpc) is 2.33. The maximum absolute atomic E-state index is 11.3. The molecule has 0 spiro atoms. The molecule has 1 heterocycles. The van der Waals surface area contributed by atoms with E-state index >= 15 is 0 Å². The molecule has 1 fully saturated rings. The second-order valence-corrected chi connectivity index (χ2v) is 5.53. The molecule has 1 aliphatic rings. The van der Waals surface area contributed by atoms with Crippen molar-refractivity contribution < 1.29 is 9.53 Å². The summed E-state index contributed by atoms with van der Waals surface area (Å²) in [7, 11) is 1.66. The molecule has 0 N–H and O–H groups in total. The van der Waals surface area contributed by atoms with E-state index in [0.29, 0.717) is 13.2 Å². The summed E-state index contributed by atoms with van der Waals surface area (Å²) in [5, 5.41) is 0. The Morgan fingerprint density at radius 2 is 1.94 bits per heavy atom. The third kappa shape index (κ3) is 1.99. The monoisotopic (exact) mass is 248 g/mol. The Bertz CT molecular complexity index is 269. The van der Waals surface area contributed by atoms with Gasteiger partial charge in [-0.05, 0) is 39.5 Å². The first-order chi connectivity index (χ1) is 7.30. The van der Waals surface area contributed by atoms with Crippen molar-refractivity contribution in [1.29, 1.82) is 0 Å². The molecule has 1 saturated heterocycles. The maximum Gasteiger partial charge on any atom is 0.139 e. The van der Waals surface area contributed by atoms with E-state index in [-0.39, 0.29) is 17.2 Å². The van der Waals surface area contributed by atoms with Gasteiger partial charge in [0.2, 0.25) is 0 Å². The van der Waals surface area contributed by atoms with Crippen LogP contribution in [0.1, 0.15) is 27.7 Å². The first-order valence-electron chi connectivity index (χ1n) is 5.47. The van der Waals surface area contributed by atoms with Gasteiger partial charge in [0.1, 0.15) is 6.29 Å². The molecule has 4 nitrogen and oxygen atoms in total. The number of aldehydes is 1. The van der Waals surface area contributed by atoms with Gasteiger partial charge in [0.15, 0.2) is 0 Å². The summed E-state index contributed by atoms with van der Waals surface area (Å²) in [6.07, 6.45) is 0.972. The predicted molar refractivity (Wildman–Crippen MR) is 64.3 cm³/mol. The minimum atomic E-state index is -0.374. The number of hydrogen-bond acceptors (Lipinski definition) is 4. The van der Waals surface area contributed by atoms with E-state index in [0.717, 1.165) is 6.29 Å². The van der Waals surface area contributed by atoms with Crippen LogP contribution in [-0.4, -0.2) is 53.1 Å². The number of methoxy groups -OCH3 is 1. The smallest absolute Gasteiger partial charge is 0.139 e. The number of ether oxygens (including phenoxy) is 1. The molecule has 1 unspecified atom stereocenters. The van der Waals surface area contributed by atoms with Crippen LogP contribution in [0, 0.1) is 0 Å². The van der Waals surface area contributed by atoms with Crippen molar-refractivity contribution in [2.75, 3.05) is 20.3 Å². The molecule has 1 aliphatic heterocycles. The molecule has 0 aromatic rings. The van der Waals surface area contributed by atoms with Gasteiger partial charge in [-0.25, -0.2) is 0 Å². The van der Waals surface area contributed by atoms with Gasteiger partial charge in [-0.2, -0.15) is 4.42 Å². The predicted octanol–water partition coefficient (Wildman–Crippen LogP) is 1.49. The average molecular weight is 249 g/mol. The lowest BCUT2D eigenvalue weighted by Gasteiger charge is -2.36. The molecular formula is C11H21ClN2O2. The van der Waals surface area contributed by atoms with E-state index in [4.69, 9.17) is 16.5 Å². The van der Waals surface area contributed by atoms with Gasteiger partial charge in [-0.1, -0.05) is 0 Å². The van der Waals surface area contributed by atoms with Crippen LogP contribution < -0.4 is 0 Å². The first-order valence-corrected chi connectivity index (χ1v) is 5.81. The van der Waals surface area contributed by atoms with E-state index in [2.05, 4.69) is 4.90 Å². The molecule has 0 aromatic heterocycles. The molecular weight excluding hydrogens is 228 g/mol. The van der Waals surface area contributed by atoms with Gasteiger partial charge in [-0.15, -0.1) is 0 Å². The van der Waals surface area contributed by atoms with E-state index in [9.17, 15) is 4.79 Å². The molecule has 5 heteroatoms. The molecule has 1 atom stereocenters. The van der Waals surface area contributed by atoms with Crippen LogP contribution in [0.2, 0.25) is 0 Å². The van der Waals surface area contributed by atoms with Crippen LogP contribution in [0.5, 0.6) is 0 Å². The van der Waals surface area contributed by atoms with E-state index in [1.165, 1.54) is 0 Å². The second kappa shape index (κ2) is 4.61. The van der Waals surface area contributed by atoms with Gasteiger partial charge in [0.05, 0.1) is 23.9 Å². The Morgan fingerprint density at radius 1 is 1.38 bits per heavy atom. The van der Waals surface area contributed by atoms with Crippen molar-refractivity contribution in [3.63, 3.8) is 0 Å². The summed E-state index contributed by atoms with van der Waals surface area (Å²) in [5.41, 5.74) is -0.726. The number of halogens is 1. The zero-order chi connectivity index (χ0) is 12.6. The minimum Gasteiger partial charge on any atom is -0.383 e. The van der Waals surface area contributed by atoms with Crippen LogP contribution in [0.15, 0.2) is 0 Å². The van der Waals surface area contributed by atoms with Crippen LogP contribution in [0.3, 0.4) is 0 Å². The Morgan fingerprint density at radius 3 is 2.38 bits per heavy atom. The number of nitrogens with zero attached hydrogens (tertiary/aromatic N) is 2. The fourth-order valence-corrected chi connectivity index (χ4v) is 2.70. The summed E-state index contributed by atoms with van der Waals surface area (Å²) >= 11 is 6.33. The molecule has 0 bridgehead atoms. The summed E-state index contributed by atoms with van der Waals surface area (Å²) in [6.45, 7) is 9.27. The zero-order valence-electron chi connectivity index (χ0n) is 10.7. The maximum atomic E-state index is 11.3. The van der Waals surface area contributed by atoms with Crippen LogP contribution in [0.25, 0.3) is 0 Å². The van der Waals surface area contributed by atoms with Crippen molar-refractivity contribution in [3.8, 4) is 0 Å². The molecule has 16 heavy (non-hydrogen) atoms. The Kier molecular flexibility index (Phi) is 4.00. The minimum absolute atomic E-state index is 0.213. The lowest BCUT2D eigenvalue weighted by molar-refractivity contribution is -0.113. The summed E-state index contributed by atoms with van der Waals surface area (Å²) in [4.78, 5) is 13.3. The quantitative estimate of drug-likeness (QED) is 0.558. The van der Waals surface area contributed by atoms with Crippen molar-refractivity contribution in [2.24, 2.45) is 0 Å². The van der Waals surface area contributed by atoms with Crippen LogP contribution >= 0.6 is 11.8 Å². The fraction of sp³-hybridized carbons (Fsp3) is 0.909. The highest BCUT2D eigenvalue weighted by Gasteiger charge is 2.56. The highest BCUT2D eigenvalue weighted by molar-refractivity contribution is 6.14. The number of rotatable bonds is 4. The standard InChI is InChI=1S/C11H21ClN2O2/c1-10(2)9(8-15)13(6-7-16-5)11(3,4)14(10)12/h8-9H,6-7H2,1-5H3. The van der Waals surface area contributed by atoms with Crippen molar-refractivity contribution in [3.05, 3.63) is 0 Å². The highest BCUT2D eigenvalue weighted by Crippen LogP contribution is 2.42. The van der Waals surface area contributed by atoms with Crippen molar-refractivity contribution >= 4 is 18.1 Å². The molecule has 0 amide bonds. The molecule has 0 saturated carbocycles. The zero-order valence-corrected chi connectivity index (χ0v) is 11.4. The third-order valence-electron chi connectivity index (χ3n) is 3.41. The van der Waals surface area contributed by atoms with Crippen molar-refractivity contribution in [1.82, 2.24) is 9.32 Å². The largest absolute Gasteiger partial charge is 0.383 e. The second-order valence-electron chi connectivity index (χ2n) is 5.20. The molecule has 0 aliphatic carbocycles. The number of carbonyl (C=O) groups is 1. The lowest BCUT2D eigenvalue weighted by Crippen LogP contribution is -2.48. The van der Waals surface area contributed by atoms with Gasteiger partial charge in [0.25, 0.3) is 0 Å². The Balaban J connectivity index is 2.99. The van der Waals surface area contributed by atoms with E-state index in [1.807, 2.05) is 27.7 Å². The third-order valence-corrected chi connectivity index (χ3v) is 4.26. The molecule has 94 valence electrons. The fourth-order valence-electron chi connectivity index (χ4n) is 2.50. The molecule has 1 rings (SSSR count). The Labute approximate surface area is 103 Å². The summed E-state index contributed by atoms with van der Waals surface area (Å²) in [5.74, 6) is 0. The van der Waals surface area contributed by atoms with Crippen molar-refractivity contribution in [2.45, 2.75) is 44.9 Å². The molecule has 0 aromatic carbocycles. The van der Waals surface area contributed by atoms with Gasteiger partial charge in [0, 0.05) is 13.7 Å². The SMILES string of the molecule is COCCN1C(C=O)C(C)(C)N(Cl)C1(C)C. The summed E-state index contributed by atoms with van der Waals surface area (Å²) < 4.78 is 6.81. The number of carbonyl (C=O) groups excluding carboxylic acids is 1. The van der Waals surface area contributed by atoms with E-state index < -0.39 is 0 Å².